The van der Waals surface area contributed by atoms with Gasteiger partial charge in [0.2, 0.25) is 0 Å². The number of likely N-dealkylation sites (tertiary alicyclic amines) is 1. The molecule has 0 aromatic heterocycles. The van der Waals surface area contributed by atoms with E-state index in [0.717, 1.165) is 25.4 Å². The number of aryl methyl sites for hydroxylation is 2. The highest BCUT2D eigenvalue weighted by Crippen LogP contribution is 2.23. The SMILES string of the molecule is Cc1cc(C)cc(OCCN2CC(C(C)C(=O)O)C2)c1. The van der Waals surface area contributed by atoms with Gasteiger partial charge in [-0.3, -0.25) is 9.69 Å². The number of nitrogens with zero attached hydrogens (tertiary/aromatic N) is 1. The Labute approximate surface area is 120 Å². The number of carbonyl (C=O) groups is 1. The molecule has 1 saturated heterocycles. The molecule has 0 spiro atoms. The van der Waals surface area contributed by atoms with Crippen LogP contribution in [-0.4, -0.2) is 42.2 Å². The fraction of sp³-hybridized carbons (Fsp3) is 0.562. The first-order valence-corrected chi connectivity index (χ1v) is 7.12. The van der Waals surface area contributed by atoms with Crippen LogP contribution >= 0.6 is 0 Å². The molecule has 0 aliphatic carbocycles. The lowest BCUT2D eigenvalue weighted by molar-refractivity contribution is -0.145. The summed E-state index contributed by atoms with van der Waals surface area (Å²) in [5, 5.41) is 8.94. The van der Waals surface area contributed by atoms with Gasteiger partial charge in [-0.1, -0.05) is 13.0 Å². The first-order valence-electron chi connectivity index (χ1n) is 7.12. The van der Waals surface area contributed by atoms with Crippen molar-refractivity contribution in [1.29, 1.82) is 0 Å². The van der Waals surface area contributed by atoms with Gasteiger partial charge in [0.05, 0.1) is 5.92 Å². The molecule has 4 nitrogen and oxygen atoms in total. The van der Waals surface area contributed by atoms with Crippen molar-refractivity contribution in [2.45, 2.75) is 20.8 Å². The van der Waals surface area contributed by atoms with Crippen LogP contribution in [0.25, 0.3) is 0 Å². The zero-order valence-electron chi connectivity index (χ0n) is 12.4. The summed E-state index contributed by atoms with van der Waals surface area (Å²) >= 11 is 0. The Kier molecular flexibility index (Phi) is 4.65. The molecule has 0 radical (unpaired) electrons. The minimum atomic E-state index is -0.693. The van der Waals surface area contributed by atoms with Crippen LogP contribution in [0, 0.1) is 25.7 Å². The second kappa shape index (κ2) is 6.27. The van der Waals surface area contributed by atoms with Crippen molar-refractivity contribution >= 4 is 5.97 Å². The van der Waals surface area contributed by atoms with E-state index in [0.29, 0.717) is 6.61 Å². The fourth-order valence-corrected chi connectivity index (χ4v) is 2.62. The maximum absolute atomic E-state index is 10.9. The third kappa shape index (κ3) is 3.73. The maximum Gasteiger partial charge on any atom is 0.306 e. The van der Waals surface area contributed by atoms with Gasteiger partial charge in [0.25, 0.3) is 0 Å². The Balaban J connectivity index is 1.69. The van der Waals surface area contributed by atoms with Crippen molar-refractivity contribution in [1.82, 2.24) is 4.90 Å². The average Bonchev–Trinajstić information content (AvgIpc) is 2.29. The van der Waals surface area contributed by atoms with Crippen LogP contribution in [0.1, 0.15) is 18.1 Å². The predicted octanol–water partition coefficient (Wildman–Crippen LogP) is 2.33. The molecule has 1 unspecified atom stereocenters. The number of benzene rings is 1. The Bertz CT molecular complexity index is 460. The summed E-state index contributed by atoms with van der Waals surface area (Å²) in [6, 6.07) is 6.21. The summed E-state index contributed by atoms with van der Waals surface area (Å²) < 4.78 is 5.76. The minimum Gasteiger partial charge on any atom is -0.492 e. The number of ether oxygens (including phenoxy) is 1. The van der Waals surface area contributed by atoms with Gasteiger partial charge >= 0.3 is 5.97 Å². The van der Waals surface area contributed by atoms with Gasteiger partial charge in [0.1, 0.15) is 12.4 Å². The largest absolute Gasteiger partial charge is 0.492 e. The van der Waals surface area contributed by atoms with Crippen LogP contribution in [0.15, 0.2) is 18.2 Å². The molecule has 1 aliphatic rings. The van der Waals surface area contributed by atoms with E-state index in [4.69, 9.17) is 9.84 Å². The predicted molar refractivity (Wildman–Crippen MR) is 78.1 cm³/mol. The first kappa shape index (κ1) is 14.9. The zero-order valence-corrected chi connectivity index (χ0v) is 12.4. The highest BCUT2D eigenvalue weighted by Gasteiger charge is 2.34. The maximum atomic E-state index is 10.9. The molecule has 1 aromatic carbocycles. The van der Waals surface area contributed by atoms with Gasteiger partial charge in [0, 0.05) is 19.6 Å². The summed E-state index contributed by atoms with van der Waals surface area (Å²) in [6.45, 7) is 9.15. The molecule has 4 heteroatoms. The fourth-order valence-electron chi connectivity index (χ4n) is 2.62. The Morgan fingerprint density at radius 3 is 2.50 bits per heavy atom. The third-order valence-electron chi connectivity index (χ3n) is 3.95. The second-order valence-corrected chi connectivity index (χ2v) is 5.82. The molecule has 1 N–H and O–H groups in total. The number of aliphatic carboxylic acids is 1. The van der Waals surface area contributed by atoms with Crippen LogP contribution in [0.4, 0.5) is 0 Å². The number of rotatable bonds is 6. The van der Waals surface area contributed by atoms with Crippen LogP contribution in [0.5, 0.6) is 5.75 Å². The molecule has 0 amide bonds. The van der Waals surface area contributed by atoms with E-state index in [9.17, 15) is 4.79 Å². The highest BCUT2D eigenvalue weighted by molar-refractivity contribution is 5.70. The summed E-state index contributed by atoms with van der Waals surface area (Å²) in [7, 11) is 0. The monoisotopic (exact) mass is 277 g/mol. The summed E-state index contributed by atoms with van der Waals surface area (Å²) in [5.41, 5.74) is 2.42. The topological polar surface area (TPSA) is 49.8 Å². The van der Waals surface area contributed by atoms with Gasteiger partial charge in [-0.2, -0.15) is 0 Å². The molecular formula is C16H23NO3. The first-order chi connectivity index (χ1) is 9.45. The van der Waals surface area contributed by atoms with Crippen molar-refractivity contribution in [2.24, 2.45) is 11.8 Å². The zero-order chi connectivity index (χ0) is 14.7. The molecule has 0 saturated carbocycles. The average molecular weight is 277 g/mol. The molecule has 1 aliphatic heterocycles. The normalized spacial score (nSPS) is 17.6. The second-order valence-electron chi connectivity index (χ2n) is 5.82. The molecule has 20 heavy (non-hydrogen) atoms. The van der Waals surface area contributed by atoms with E-state index in [1.165, 1.54) is 11.1 Å². The van der Waals surface area contributed by atoms with Crippen LogP contribution in [0.3, 0.4) is 0 Å². The van der Waals surface area contributed by atoms with E-state index in [1.807, 2.05) is 12.1 Å². The molecule has 110 valence electrons. The number of hydrogen-bond acceptors (Lipinski definition) is 3. The van der Waals surface area contributed by atoms with E-state index in [-0.39, 0.29) is 11.8 Å². The van der Waals surface area contributed by atoms with Gasteiger partial charge < -0.3 is 9.84 Å². The number of carboxylic acid groups (broad SMARTS) is 1. The lowest BCUT2D eigenvalue weighted by Crippen LogP contribution is -2.52. The summed E-state index contributed by atoms with van der Waals surface area (Å²) in [4.78, 5) is 13.1. The molecule has 1 aromatic rings. The van der Waals surface area contributed by atoms with Crippen LogP contribution < -0.4 is 4.74 Å². The lowest BCUT2D eigenvalue weighted by atomic mass is 9.87. The van der Waals surface area contributed by atoms with Gasteiger partial charge in [-0.15, -0.1) is 0 Å². The van der Waals surface area contributed by atoms with Crippen LogP contribution in [-0.2, 0) is 4.79 Å². The van der Waals surface area contributed by atoms with Crippen molar-refractivity contribution in [3.05, 3.63) is 29.3 Å². The lowest BCUT2D eigenvalue weighted by Gasteiger charge is -2.41. The molecular weight excluding hydrogens is 254 g/mol. The Hall–Kier alpha value is -1.55. The van der Waals surface area contributed by atoms with Crippen molar-refractivity contribution in [3.8, 4) is 5.75 Å². The van der Waals surface area contributed by atoms with E-state index in [2.05, 4.69) is 24.8 Å². The van der Waals surface area contributed by atoms with Gasteiger partial charge in [-0.25, -0.2) is 0 Å². The van der Waals surface area contributed by atoms with E-state index >= 15 is 0 Å². The van der Waals surface area contributed by atoms with E-state index < -0.39 is 5.97 Å². The van der Waals surface area contributed by atoms with Crippen molar-refractivity contribution in [3.63, 3.8) is 0 Å². The molecule has 1 fully saturated rings. The van der Waals surface area contributed by atoms with Crippen LogP contribution in [0.2, 0.25) is 0 Å². The van der Waals surface area contributed by atoms with Crippen molar-refractivity contribution in [2.75, 3.05) is 26.2 Å². The quantitative estimate of drug-likeness (QED) is 0.867. The summed E-state index contributed by atoms with van der Waals surface area (Å²) in [6.07, 6.45) is 0. The molecule has 1 heterocycles. The molecule has 2 rings (SSSR count). The van der Waals surface area contributed by atoms with Gasteiger partial charge in [-0.05, 0) is 43.0 Å². The minimum absolute atomic E-state index is 0.244. The third-order valence-corrected chi connectivity index (χ3v) is 3.95. The van der Waals surface area contributed by atoms with Gasteiger partial charge in [0.15, 0.2) is 0 Å². The highest BCUT2D eigenvalue weighted by atomic mass is 16.5. The number of hydrogen-bond donors (Lipinski definition) is 1. The van der Waals surface area contributed by atoms with Crippen molar-refractivity contribution < 1.29 is 14.6 Å². The Morgan fingerprint density at radius 1 is 1.35 bits per heavy atom. The van der Waals surface area contributed by atoms with E-state index in [1.54, 1.807) is 6.92 Å². The summed E-state index contributed by atoms with van der Waals surface area (Å²) in [5.74, 6) is 0.264. The molecule has 1 atom stereocenters. The standard InChI is InChI=1S/C16H23NO3/c1-11-6-12(2)8-15(7-11)20-5-4-17-9-14(10-17)13(3)16(18)19/h6-8,13-14H,4-5,9-10H2,1-3H3,(H,18,19). The smallest absolute Gasteiger partial charge is 0.306 e. The molecule has 0 bridgehead atoms. The Morgan fingerprint density at radius 2 is 1.95 bits per heavy atom. The number of carboxylic acids is 1.